The van der Waals surface area contributed by atoms with E-state index in [0.717, 1.165) is 59.4 Å². The van der Waals surface area contributed by atoms with E-state index in [2.05, 4.69) is 24.3 Å². The second-order valence-electron chi connectivity index (χ2n) is 9.62. The maximum atomic E-state index is 9.89. The van der Waals surface area contributed by atoms with Crippen molar-refractivity contribution in [1.29, 1.82) is 0 Å². The standard InChI is InChI=1S/C34H38O4/c35-29-19-21-31(27-15-9-7-10-16-27)33(25-29)37-23-13-5-3-1-2-4-6-14-24-38-34-26-30(36)20-22-32(34)28-17-11-8-12-18-28/h7-12,15-22,25-26,35-36H,1-6,13-14,23-24H2. The minimum atomic E-state index is 0.226. The normalized spacial score (nSPS) is 10.8. The molecule has 4 aromatic carbocycles. The molecule has 4 rings (SSSR count). The number of phenolic OH excluding ortho intramolecular Hbond substituents is 2. The van der Waals surface area contributed by atoms with Crippen LogP contribution in [0.25, 0.3) is 22.3 Å². The molecule has 0 atom stereocenters. The fraction of sp³-hybridized carbons (Fsp3) is 0.294. The SMILES string of the molecule is Oc1ccc(-c2ccccc2)c(OCCCCCCCCCCOc2cc(O)ccc2-c2ccccc2)c1. The molecule has 0 saturated carbocycles. The summed E-state index contributed by atoms with van der Waals surface area (Å²) in [6.45, 7) is 1.31. The van der Waals surface area contributed by atoms with Crippen LogP contribution in [-0.2, 0) is 0 Å². The van der Waals surface area contributed by atoms with Crippen molar-refractivity contribution < 1.29 is 19.7 Å². The molecule has 0 spiro atoms. The summed E-state index contributed by atoms with van der Waals surface area (Å²) in [4.78, 5) is 0. The van der Waals surface area contributed by atoms with Gasteiger partial charge in [-0.2, -0.15) is 0 Å². The molecule has 0 amide bonds. The van der Waals surface area contributed by atoms with Crippen LogP contribution in [0, 0.1) is 0 Å². The summed E-state index contributed by atoms with van der Waals surface area (Å²) in [6.07, 6.45) is 9.16. The highest BCUT2D eigenvalue weighted by Gasteiger charge is 2.09. The van der Waals surface area contributed by atoms with Crippen LogP contribution in [0.4, 0.5) is 0 Å². The molecule has 4 heteroatoms. The number of aromatic hydroxyl groups is 2. The van der Waals surface area contributed by atoms with Gasteiger partial charge < -0.3 is 19.7 Å². The number of rotatable bonds is 15. The Kier molecular flexibility index (Phi) is 10.5. The molecule has 0 saturated heterocycles. The van der Waals surface area contributed by atoms with E-state index in [4.69, 9.17) is 9.47 Å². The van der Waals surface area contributed by atoms with Crippen LogP contribution >= 0.6 is 0 Å². The predicted molar refractivity (Wildman–Crippen MR) is 155 cm³/mol. The van der Waals surface area contributed by atoms with Crippen LogP contribution in [0.1, 0.15) is 51.4 Å². The lowest BCUT2D eigenvalue weighted by Gasteiger charge is -2.12. The van der Waals surface area contributed by atoms with Gasteiger partial charge >= 0.3 is 0 Å². The Morgan fingerprint density at radius 1 is 0.421 bits per heavy atom. The van der Waals surface area contributed by atoms with E-state index in [1.54, 1.807) is 24.3 Å². The summed E-state index contributed by atoms with van der Waals surface area (Å²) < 4.78 is 12.1. The Bertz CT molecular complexity index is 1140. The average Bonchev–Trinajstić information content (AvgIpc) is 2.95. The third kappa shape index (κ3) is 8.31. The van der Waals surface area contributed by atoms with E-state index >= 15 is 0 Å². The minimum Gasteiger partial charge on any atom is -0.508 e. The van der Waals surface area contributed by atoms with Gasteiger partial charge in [-0.3, -0.25) is 0 Å². The molecule has 0 fully saturated rings. The van der Waals surface area contributed by atoms with Crippen LogP contribution in [0.5, 0.6) is 23.0 Å². The molecular weight excluding hydrogens is 472 g/mol. The Morgan fingerprint density at radius 2 is 0.789 bits per heavy atom. The number of benzene rings is 4. The molecule has 0 radical (unpaired) electrons. The number of unbranched alkanes of at least 4 members (excludes halogenated alkanes) is 7. The Morgan fingerprint density at radius 3 is 1.18 bits per heavy atom. The number of ether oxygens (including phenoxy) is 2. The first-order valence-corrected chi connectivity index (χ1v) is 13.7. The highest BCUT2D eigenvalue weighted by Crippen LogP contribution is 2.34. The van der Waals surface area contributed by atoms with Crippen LogP contribution in [0.2, 0.25) is 0 Å². The molecule has 0 unspecified atom stereocenters. The van der Waals surface area contributed by atoms with E-state index in [0.29, 0.717) is 13.2 Å². The van der Waals surface area contributed by atoms with Gasteiger partial charge in [0.1, 0.15) is 23.0 Å². The smallest absolute Gasteiger partial charge is 0.130 e. The zero-order valence-corrected chi connectivity index (χ0v) is 22.0. The van der Waals surface area contributed by atoms with Crippen molar-refractivity contribution in [2.45, 2.75) is 51.4 Å². The lowest BCUT2D eigenvalue weighted by atomic mass is 10.0. The fourth-order valence-electron chi connectivity index (χ4n) is 4.60. The van der Waals surface area contributed by atoms with Gasteiger partial charge in [0.25, 0.3) is 0 Å². The summed E-state index contributed by atoms with van der Waals surface area (Å²) in [5.41, 5.74) is 4.19. The topological polar surface area (TPSA) is 58.9 Å². The second kappa shape index (κ2) is 14.7. The number of hydrogen-bond acceptors (Lipinski definition) is 4. The zero-order valence-electron chi connectivity index (χ0n) is 22.0. The molecule has 0 bridgehead atoms. The van der Waals surface area contributed by atoms with Crippen LogP contribution in [-0.4, -0.2) is 23.4 Å². The highest BCUT2D eigenvalue weighted by molar-refractivity contribution is 5.72. The summed E-state index contributed by atoms with van der Waals surface area (Å²) in [5, 5.41) is 19.8. The first-order valence-electron chi connectivity index (χ1n) is 13.7. The molecule has 4 aromatic rings. The van der Waals surface area contributed by atoms with Gasteiger partial charge in [0.15, 0.2) is 0 Å². The summed E-state index contributed by atoms with van der Waals surface area (Å²) in [5.74, 6) is 1.92. The molecule has 0 aromatic heterocycles. The predicted octanol–water partition coefficient (Wildman–Crippen LogP) is 9.01. The van der Waals surface area contributed by atoms with Gasteiger partial charge in [-0.1, -0.05) is 99.2 Å². The third-order valence-corrected chi connectivity index (χ3v) is 6.65. The van der Waals surface area contributed by atoms with Crippen LogP contribution < -0.4 is 9.47 Å². The van der Waals surface area contributed by atoms with Crippen molar-refractivity contribution in [1.82, 2.24) is 0 Å². The van der Waals surface area contributed by atoms with Crippen molar-refractivity contribution in [2.24, 2.45) is 0 Å². The van der Waals surface area contributed by atoms with Crippen LogP contribution in [0.3, 0.4) is 0 Å². The molecule has 38 heavy (non-hydrogen) atoms. The lowest BCUT2D eigenvalue weighted by Crippen LogP contribution is -1.99. The molecule has 0 aliphatic carbocycles. The third-order valence-electron chi connectivity index (χ3n) is 6.65. The van der Waals surface area contributed by atoms with Crippen LogP contribution in [0.15, 0.2) is 97.1 Å². The van der Waals surface area contributed by atoms with E-state index in [1.807, 2.05) is 48.5 Å². The lowest BCUT2D eigenvalue weighted by molar-refractivity contribution is 0.300. The monoisotopic (exact) mass is 510 g/mol. The van der Waals surface area contributed by atoms with Gasteiger partial charge in [0.2, 0.25) is 0 Å². The first-order chi connectivity index (χ1) is 18.7. The molecule has 198 valence electrons. The quantitative estimate of drug-likeness (QED) is 0.157. The summed E-state index contributed by atoms with van der Waals surface area (Å²) >= 11 is 0. The molecule has 2 N–H and O–H groups in total. The molecular formula is C34H38O4. The highest BCUT2D eigenvalue weighted by atomic mass is 16.5. The Hall–Kier alpha value is -3.92. The van der Waals surface area contributed by atoms with Crippen molar-refractivity contribution in [3.63, 3.8) is 0 Å². The van der Waals surface area contributed by atoms with Crippen molar-refractivity contribution in [2.75, 3.05) is 13.2 Å². The van der Waals surface area contributed by atoms with E-state index in [1.165, 1.54) is 25.7 Å². The van der Waals surface area contributed by atoms with E-state index < -0.39 is 0 Å². The molecule has 0 heterocycles. The van der Waals surface area contributed by atoms with Crippen molar-refractivity contribution >= 4 is 0 Å². The fourth-order valence-corrected chi connectivity index (χ4v) is 4.60. The van der Waals surface area contributed by atoms with Gasteiger partial charge in [-0.15, -0.1) is 0 Å². The second-order valence-corrected chi connectivity index (χ2v) is 9.62. The number of phenols is 2. The van der Waals surface area contributed by atoms with Gasteiger partial charge in [-0.05, 0) is 48.2 Å². The van der Waals surface area contributed by atoms with Gasteiger partial charge in [-0.25, -0.2) is 0 Å². The maximum Gasteiger partial charge on any atom is 0.130 e. The van der Waals surface area contributed by atoms with Gasteiger partial charge in [0, 0.05) is 23.3 Å². The van der Waals surface area contributed by atoms with E-state index in [-0.39, 0.29) is 11.5 Å². The maximum absolute atomic E-state index is 9.89. The summed E-state index contributed by atoms with van der Waals surface area (Å²) in [6, 6.07) is 30.9. The van der Waals surface area contributed by atoms with Gasteiger partial charge in [0.05, 0.1) is 13.2 Å². The molecule has 0 aliphatic heterocycles. The van der Waals surface area contributed by atoms with Crippen molar-refractivity contribution in [3.8, 4) is 45.3 Å². The minimum absolute atomic E-state index is 0.226. The summed E-state index contributed by atoms with van der Waals surface area (Å²) in [7, 11) is 0. The van der Waals surface area contributed by atoms with Crippen molar-refractivity contribution in [3.05, 3.63) is 97.1 Å². The largest absolute Gasteiger partial charge is 0.508 e. The molecule has 4 nitrogen and oxygen atoms in total. The van der Waals surface area contributed by atoms with E-state index in [9.17, 15) is 10.2 Å². The Labute approximate surface area is 226 Å². The Balaban J connectivity index is 1.07. The first kappa shape index (κ1) is 27.1. The zero-order chi connectivity index (χ0) is 26.4. The average molecular weight is 511 g/mol. The number of hydrogen-bond donors (Lipinski definition) is 2. The molecule has 0 aliphatic rings.